The van der Waals surface area contributed by atoms with Crippen molar-refractivity contribution in [2.24, 2.45) is 11.7 Å². The molecule has 0 aliphatic heterocycles. The Morgan fingerprint density at radius 3 is 2.56 bits per heavy atom. The van der Waals surface area contributed by atoms with Gasteiger partial charge < -0.3 is 15.6 Å². The van der Waals surface area contributed by atoms with Gasteiger partial charge in [-0.05, 0) is 36.5 Å². The highest BCUT2D eigenvalue weighted by Gasteiger charge is 2.24. The molecule has 1 aliphatic carbocycles. The lowest BCUT2D eigenvalue weighted by atomic mass is 9.92. The molecule has 5 heteroatoms. The summed E-state index contributed by atoms with van der Waals surface area (Å²) in [6.45, 7) is 0. The van der Waals surface area contributed by atoms with Gasteiger partial charge in [0.2, 0.25) is 0 Å². The Balaban J connectivity index is 0.00000162. The molecule has 18 heavy (non-hydrogen) atoms. The number of nitrogens with two attached hydrogens (primary N) is 1. The number of hydrogen-bond donors (Lipinski definition) is 2. The van der Waals surface area contributed by atoms with E-state index in [9.17, 15) is 5.11 Å². The van der Waals surface area contributed by atoms with Crippen LogP contribution in [-0.4, -0.2) is 12.2 Å². The molecule has 0 bridgehead atoms. The number of benzene rings is 1. The zero-order chi connectivity index (χ0) is 12.4. The monoisotopic (exact) mass is 291 g/mol. The molecule has 3 N–H and O–H groups in total. The molecule has 3 nitrogen and oxygen atoms in total. The van der Waals surface area contributed by atoms with Crippen LogP contribution in [0.1, 0.15) is 37.3 Å². The molecular formula is C13H19Cl2NO2. The molecule has 0 unspecified atom stereocenters. The summed E-state index contributed by atoms with van der Waals surface area (Å²) in [5.41, 5.74) is 7.19. The lowest BCUT2D eigenvalue weighted by Crippen LogP contribution is -2.19. The van der Waals surface area contributed by atoms with Crippen LogP contribution in [0, 0.1) is 5.92 Å². The van der Waals surface area contributed by atoms with E-state index >= 15 is 0 Å². The average Bonchev–Trinajstić information content (AvgIpc) is 2.85. The van der Waals surface area contributed by atoms with Gasteiger partial charge in [0.15, 0.2) is 11.5 Å². The van der Waals surface area contributed by atoms with Crippen molar-refractivity contribution in [3.05, 3.63) is 22.7 Å². The topological polar surface area (TPSA) is 55.5 Å². The summed E-state index contributed by atoms with van der Waals surface area (Å²) in [7, 11) is 1.51. The molecule has 1 aromatic carbocycles. The Labute approximate surface area is 119 Å². The summed E-state index contributed by atoms with van der Waals surface area (Å²) in [4.78, 5) is 0. The smallest absolute Gasteiger partial charge is 0.176 e. The SMILES string of the molecule is COc1cc([C@@H](N)C2CCCC2)cc(Cl)c1O.Cl. The van der Waals surface area contributed by atoms with Crippen LogP contribution < -0.4 is 10.5 Å². The summed E-state index contributed by atoms with van der Waals surface area (Å²) in [5.74, 6) is 0.887. The quantitative estimate of drug-likeness (QED) is 0.893. The Hall–Kier alpha value is -0.640. The van der Waals surface area contributed by atoms with Gasteiger partial charge in [-0.2, -0.15) is 0 Å². The van der Waals surface area contributed by atoms with Crippen molar-refractivity contribution >= 4 is 24.0 Å². The number of ether oxygens (including phenoxy) is 1. The van der Waals surface area contributed by atoms with Gasteiger partial charge in [-0.1, -0.05) is 24.4 Å². The van der Waals surface area contributed by atoms with E-state index < -0.39 is 0 Å². The second kappa shape index (κ2) is 6.50. The fourth-order valence-corrected chi connectivity index (χ4v) is 2.75. The van der Waals surface area contributed by atoms with E-state index in [1.807, 2.05) is 0 Å². The van der Waals surface area contributed by atoms with Crippen molar-refractivity contribution in [3.63, 3.8) is 0 Å². The van der Waals surface area contributed by atoms with Gasteiger partial charge in [0.05, 0.1) is 12.1 Å². The number of phenolic OH excluding ortho intramolecular Hbond substituents is 1. The lowest BCUT2D eigenvalue weighted by molar-refractivity contribution is 0.370. The predicted octanol–water partition coefficient (Wildman–Crippen LogP) is 3.67. The highest BCUT2D eigenvalue weighted by molar-refractivity contribution is 6.32. The minimum absolute atomic E-state index is 0. The Morgan fingerprint density at radius 1 is 1.39 bits per heavy atom. The van der Waals surface area contributed by atoms with Gasteiger partial charge in [0.25, 0.3) is 0 Å². The number of hydrogen-bond acceptors (Lipinski definition) is 3. The number of methoxy groups -OCH3 is 1. The van der Waals surface area contributed by atoms with Crippen molar-refractivity contribution < 1.29 is 9.84 Å². The molecule has 2 rings (SSSR count). The fourth-order valence-electron chi connectivity index (χ4n) is 2.53. The van der Waals surface area contributed by atoms with E-state index in [2.05, 4.69) is 0 Å². The summed E-state index contributed by atoms with van der Waals surface area (Å²) < 4.78 is 5.09. The molecule has 1 fully saturated rings. The molecule has 0 spiro atoms. The first-order valence-electron chi connectivity index (χ1n) is 5.95. The van der Waals surface area contributed by atoms with E-state index in [4.69, 9.17) is 22.1 Å². The normalized spacial score (nSPS) is 17.3. The van der Waals surface area contributed by atoms with Crippen LogP contribution in [0.15, 0.2) is 12.1 Å². The van der Waals surface area contributed by atoms with Crippen LogP contribution in [0.3, 0.4) is 0 Å². The zero-order valence-electron chi connectivity index (χ0n) is 10.4. The summed E-state index contributed by atoms with van der Waals surface area (Å²) in [5, 5.41) is 9.97. The Kier molecular flexibility index (Phi) is 5.57. The van der Waals surface area contributed by atoms with Crippen LogP contribution in [0.2, 0.25) is 5.02 Å². The molecule has 102 valence electrons. The second-order valence-corrected chi connectivity index (χ2v) is 5.03. The van der Waals surface area contributed by atoms with Gasteiger partial charge in [-0.15, -0.1) is 12.4 Å². The van der Waals surface area contributed by atoms with Crippen molar-refractivity contribution in [1.29, 1.82) is 0 Å². The molecule has 0 saturated heterocycles. The van der Waals surface area contributed by atoms with Crippen molar-refractivity contribution in [1.82, 2.24) is 0 Å². The molecule has 1 saturated carbocycles. The van der Waals surface area contributed by atoms with E-state index in [0.29, 0.717) is 16.7 Å². The van der Waals surface area contributed by atoms with E-state index in [-0.39, 0.29) is 24.2 Å². The van der Waals surface area contributed by atoms with Gasteiger partial charge >= 0.3 is 0 Å². The zero-order valence-corrected chi connectivity index (χ0v) is 11.9. The average molecular weight is 292 g/mol. The molecule has 1 aromatic rings. The lowest BCUT2D eigenvalue weighted by Gasteiger charge is -2.20. The molecule has 0 amide bonds. The number of halogens is 2. The number of phenols is 1. The first-order valence-corrected chi connectivity index (χ1v) is 6.33. The highest BCUT2D eigenvalue weighted by atomic mass is 35.5. The molecule has 1 atom stereocenters. The highest BCUT2D eigenvalue weighted by Crippen LogP contribution is 2.40. The fraction of sp³-hybridized carbons (Fsp3) is 0.538. The standard InChI is InChI=1S/C13H18ClNO2.ClH/c1-17-11-7-9(6-10(14)13(11)16)12(15)8-4-2-3-5-8;/h6-8,12,16H,2-5,15H2,1H3;1H/t12-;/m0./s1. The van der Waals surface area contributed by atoms with Gasteiger partial charge in [-0.3, -0.25) is 0 Å². The van der Waals surface area contributed by atoms with Gasteiger partial charge in [0, 0.05) is 6.04 Å². The maximum absolute atomic E-state index is 9.67. The minimum Gasteiger partial charge on any atom is -0.503 e. The molecule has 0 aromatic heterocycles. The predicted molar refractivity (Wildman–Crippen MR) is 75.8 cm³/mol. The Bertz CT molecular complexity index is 406. The minimum atomic E-state index is -0.0236. The van der Waals surface area contributed by atoms with Crippen molar-refractivity contribution in [2.45, 2.75) is 31.7 Å². The first kappa shape index (κ1) is 15.4. The van der Waals surface area contributed by atoms with Crippen LogP contribution in [0.5, 0.6) is 11.5 Å². The molecule has 0 radical (unpaired) electrons. The maximum Gasteiger partial charge on any atom is 0.176 e. The summed E-state index contributed by atoms with van der Waals surface area (Å²) >= 11 is 5.96. The molecular weight excluding hydrogens is 273 g/mol. The van der Waals surface area contributed by atoms with Crippen LogP contribution in [0.4, 0.5) is 0 Å². The second-order valence-electron chi connectivity index (χ2n) is 4.62. The van der Waals surface area contributed by atoms with E-state index in [1.165, 1.54) is 32.8 Å². The third-order valence-corrected chi connectivity index (χ3v) is 3.85. The molecule has 1 aliphatic rings. The maximum atomic E-state index is 9.67. The number of rotatable bonds is 3. The van der Waals surface area contributed by atoms with E-state index in [0.717, 1.165) is 5.56 Å². The molecule has 0 heterocycles. The van der Waals surface area contributed by atoms with E-state index in [1.54, 1.807) is 12.1 Å². The third-order valence-electron chi connectivity index (χ3n) is 3.56. The third kappa shape index (κ3) is 3.02. The number of aromatic hydroxyl groups is 1. The Morgan fingerprint density at radius 2 is 2.00 bits per heavy atom. The van der Waals surface area contributed by atoms with Gasteiger partial charge in [0.1, 0.15) is 0 Å². The van der Waals surface area contributed by atoms with Crippen molar-refractivity contribution in [3.8, 4) is 11.5 Å². The largest absolute Gasteiger partial charge is 0.503 e. The van der Waals surface area contributed by atoms with Crippen molar-refractivity contribution in [2.75, 3.05) is 7.11 Å². The summed E-state index contributed by atoms with van der Waals surface area (Å²) in [6.07, 6.45) is 4.84. The summed E-state index contributed by atoms with van der Waals surface area (Å²) in [6, 6.07) is 3.50. The van der Waals surface area contributed by atoms with Crippen LogP contribution in [-0.2, 0) is 0 Å². The van der Waals surface area contributed by atoms with Crippen LogP contribution in [0.25, 0.3) is 0 Å². The van der Waals surface area contributed by atoms with Crippen LogP contribution >= 0.6 is 24.0 Å². The van der Waals surface area contributed by atoms with Gasteiger partial charge in [-0.25, -0.2) is 0 Å². The first-order chi connectivity index (χ1) is 8.13.